The third-order valence-electron chi connectivity index (χ3n) is 5.53. The molecule has 0 saturated carbocycles. The molecule has 0 aliphatic carbocycles. The number of hydrogen-bond acceptors (Lipinski definition) is 7. The lowest BCUT2D eigenvalue weighted by Gasteiger charge is -2.35. The second kappa shape index (κ2) is 8.97. The van der Waals surface area contributed by atoms with Crippen LogP contribution in [0.25, 0.3) is 10.7 Å². The molecule has 0 unspecified atom stereocenters. The number of thiophene rings is 1. The molecule has 1 aliphatic heterocycles. The van der Waals surface area contributed by atoms with E-state index in [1.165, 1.54) is 0 Å². The fourth-order valence-electron chi connectivity index (χ4n) is 3.71. The van der Waals surface area contributed by atoms with Gasteiger partial charge in [0.1, 0.15) is 0 Å². The van der Waals surface area contributed by atoms with E-state index in [0.29, 0.717) is 23.2 Å². The van der Waals surface area contributed by atoms with Crippen molar-refractivity contribution in [3.05, 3.63) is 53.2 Å². The Morgan fingerprint density at radius 3 is 2.83 bits per heavy atom. The molecule has 2 aromatic heterocycles. The zero-order chi connectivity index (χ0) is 21.1. The summed E-state index contributed by atoms with van der Waals surface area (Å²) in [5.74, 6) is 1.45. The summed E-state index contributed by atoms with van der Waals surface area (Å²) in [6, 6.07) is 10.8. The normalized spacial score (nSPS) is 19.1. The molecular weight excluding hydrogens is 420 g/mol. The molecule has 0 bridgehead atoms. The van der Waals surface area contributed by atoms with Gasteiger partial charge >= 0.3 is 0 Å². The molecule has 9 heteroatoms. The highest BCUT2D eigenvalue weighted by molar-refractivity contribution is 7.89. The molecule has 160 valence electrons. The maximum atomic E-state index is 12.6. The first-order chi connectivity index (χ1) is 14.4. The van der Waals surface area contributed by atoms with E-state index in [2.05, 4.69) is 26.7 Å². The Balaban J connectivity index is 1.36. The maximum Gasteiger partial charge on any atom is 0.244 e. The van der Waals surface area contributed by atoms with E-state index in [-0.39, 0.29) is 12.0 Å². The number of rotatable bonds is 7. The molecule has 1 fully saturated rings. The largest absolute Gasteiger partial charge is 0.337 e. The standard InChI is InChI=1S/C21H26N4O3S2/c1-15-7-9-18(10-8-15)30(26,27)22-13-17-5-3-11-25(14-17)16(2)21-23-20(24-28-21)19-6-4-12-29-19/h4,6-10,12,16-17,22H,3,5,11,13-14H2,1-2H3/t16-,17-/m1/s1. The first kappa shape index (κ1) is 21.2. The van der Waals surface area contributed by atoms with E-state index < -0.39 is 10.0 Å². The molecule has 4 rings (SSSR count). The molecular formula is C21H26N4O3S2. The summed E-state index contributed by atoms with van der Waals surface area (Å²) in [6.07, 6.45) is 2.00. The van der Waals surface area contributed by atoms with Crippen LogP contribution in [0.2, 0.25) is 0 Å². The first-order valence-corrected chi connectivity index (χ1v) is 12.5. The summed E-state index contributed by atoms with van der Waals surface area (Å²) in [5.41, 5.74) is 1.04. The zero-order valence-electron chi connectivity index (χ0n) is 17.1. The van der Waals surface area contributed by atoms with Crippen LogP contribution in [0.4, 0.5) is 0 Å². The highest BCUT2D eigenvalue weighted by Crippen LogP contribution is 2.28. The summed E-state index contributed by atoms with van der Waals surface area (Å²) >= 11 is 1.58. The van der Waals surface area contributed by atoms with Gasteiger partial charge in [0, 0.05) is 13.1 Å². The van der Waals surface area contributed by atoms with Gasteiger partial charge in [0.15, 0.2) is 0 Å². The Labute approximate surface area is 181 Å². The van der Waals surface area contributed by atoms with Crippen molar-refractivity contribution in [1.29, 1.82) is 0 Å². The molecule has 0 amide bonds. The molecule has 0 radical (unpaired) electrons. The minimum absolute atomic E-state index is 0.0114. The van der Waals surface area contributed by atoms with E-state index in [1.54, 1.807) is 23.5 Å². The van der Waals surface area contributed by atoms with Crippen LogP contribution in [0, 0.1) is 12.8 Å². The predicted molar refractivity (Wildman–Crippen MR) is 117 cm³/mol. The average molecular weight is 447 g/mol. The van der Waals surface area contributed by atoms with Gasteiger partial charge in [-0.3, -0.25) is 4.90 Å². The minimum Gasteiger partial charge on any atom is -0.337 e. The van der Waals surface area contributed by atoms with E-state index in [0.717, 1.165) is 36.4 Å². The SMILES string of the molecule is Cc1ccc(S(=O)(=O)NC[C@H]2CCCN([C@H](C)c3nc(-c4cccs4)no3)C2)cc1. The lowest BCUT2D eigenvalue weighted by molar-refractivity contribution is 0.112. The van der Waals surface area contributed by atoms with Crippen molar-refractivity contribution in [2.75, 3.05) is 19.6 Å². The summed E-state index contributed by atoms with van der Waals surface area (Å²) in [4.78, 5) is 8.15. The Kier molecular flexibility index (Phi) is 6.33. The molecule has 1 aliphatic rings. The fraction of sp³-hybridized carbons (Fsp3) is 0.429. The van der Waals surface area contributed by atoms with E-state index >= 15 is 0 Å². The van der Waals surface area contributed by atoms with E-state index in [9.17, 15) is 8.42 Å². The topological polar surface area (TPSA) is 88.3 Å². The molecule has 1 N–H and O–H groups in total. The number of nitrogens with zero attached hydrogens (tertiary/aromatic N) is 3. The van der Waals surface area contributed by atoms with Gasteiger partial charge in [0.25, 0.3) is 0 Å². The molecule has 1 saturated heterocycles. The number of nitrogens with one attached hydrogen (secondary N) is 1. The van der Waals surface area contributed by atoms with Crippen LogP contribution in [0.5, 0.6) is 0 Å². The van der Waals surface area contributed by atoms with Crippen LogP contribution in [0.3, 0.4) is 0 Å². The molecule has 0 spiro atoms. The van der Waals surface area contributed by atoms with Crippen molar-refractivity contribution in [3.8, 4) is 10.7 Å². The molecule has 1 aromatic carbocycles. The Morgan fingerprint density at radius 2 is 2.10 bits per heavy atom. The van der Waals surface area contributed by atoms with E-state index in [4.69, 9.17) is 4.52 Å². The third kappa shape index (κ3) is 4.80. The molecule has 3 heterocycles. The van der Waals surface area contributed by atoms with Crippen molar-refractivity contribution < 1.29 is 12.9 Å². The van der Waals surface area contributed by atoms with Gasteiger partial charge in [0.05, 0.1) is 15.8 Å². The Hall–Kier alpha value is -2.07. The zero-order valence-corrected chi connectivity index (χ0v) is 18.7. The molecule has 3 aromatic rings. The first-order valence-electron chi connectivity index (χ1n) is 10.1. The van der Waals surface area contributed by atoms with Gasteiger partial charge in [-0.2, -0.15) is 4.98 Å². The highest BCUT2D eigenvalue weighted by Gasteiger charge is 2.28. The van der Waals surface area contributed by atoms with Gasteiger partial charge < -0.3 is 4.52 Å². The summed E-state index contributed by atoms with van der Waals surface area (Å²) < 4.78 is 33.5. The smallest absolute Gasteiger partial charge is 0.244 e. The van der Waals surface area contributed by atoms with Gasteiger partial charge in [-0.1, -0.05) is 28.9 Å². The summed E-state index contributed by atoms with van der Waals surface area (Å²) in [6.45, 7) is 6.13. The lowest BCUT2D eigenvalue weighted by Crippen LogP contribution is -2.42. The monoisotopic (exact) mass is 446 g/mol. The molecule has 30 heavy (non-hydrogen) atoms. The fourth-order valence-corrected chi connectivity index (χ4v) is 5.48. The second-order valence-corrected chi connectivity index (χ2v) is 10.5. The maximum absolute atomic E-state index is 12.6. The van der Waals surface area contributed by atoms with Crippen LogP contribution in [0.15, 0.2) is 51.2 Å². The quantitative estimate of drug-likeness (QED) is 0.593. The number of piperidine rings is 1. The number of hydrogen-bond donors (Lipinski definition) is 1. The Morgan fingerprint density at radius 1 is 1.30 bits per heavy atom. The molecule has 7 nitrogen and oxygen atoms in total. The summed E-state index contributed by atoms with van der Waals surface area (Å²) in [5, 5.41) is 6.10. The van der Waals surface area contributed by atoms with Gasteiger partial charge in [-0.05, 0) is 62.7 Å². The lowest BCUT2D eigenvalue weighted by atomic mass is 9.97. The van der Waals surface area contributed by atoms with Crippen LogP contribution in [-0.2, 0) is 10.0 Å². The highest BCUT2D eigenvalue weighted by atomic mass is 32.2. The number of benzene rings is 1. The van der Waals surface area contributed by atoms with Crippen molar-refractivity contribution in [2.45, 2.75) is 37.6 Å². The second-order valence-electron chi connectivity index (χ2n) is 7.78. The minimum atomic E-state index is -3.50. The Bertz CT molecular complexity index is 1060. The van der Waals surface area contributed by atoms with Crippen molar-refractivity contribution >= 4 is 21.4 Å². The molecule has 2 atom stereocenters. The summed E-state index contributed by atoms with van der Waals surface area (Å²) in [7, 11) is -3.50. The van der Waals surface area contributed by atoms with Crippen LogP contribution >= 0.6 is 11.3 Å². The van der Waals surface area contributed by atoms with E-state index in [1.807, 2.05) is 36.6 Å². The van der Waals surface area contributed by atoms with Gasteiger partial charge in [-0.25, -0.2) is 13.1 Å². The number of likely N-dealkylation sites (tertiary alicyclic amines) is 1. The van der Waals surface area contributed by atoms with Gasteiger partial charge in [0.2, 0.25) is 21.7 Å². The van der Waals surface area contributed by atoms with Gasteiger partial charge in [-0.15, -0.1) is 11.3 Å². The van der Waals surface area contributed by atoms with Crippen molar-refractivity contribution in [2.24, 2.45) is 5.92 Å². The third-order valence-corrected chi connectivity index (χ3v) is 7.84. The number of aryl methyl sites for hydroxylation is 1. The number of sulfonamides is 1. The number of aromatic nitrogens is 2. The van der Waals surface area contributed by atoms with Crippen LogP contribution in [0.1, 0.15) is 37.3 Å². The average Bonchev–Trinajstić information content (AvgIpc) is 3.44. The van der Waals surface area contributed by atoms with Crippen molar-refractivity contribution in [1.82, 2.24) is 19.8 Å². The van der Waals surface area contributed by atoms with Crippen molar-refractivity contribution in [3.63, 3.8) is 0 Å². The van der Waals surface area contributed by atoms with Crippen LogP contribution < -0.4 is 4.72 Å². The van der Waals surface area contributed by atoms with Crippen LogP contribution in [-0.4, -0.2) is 43.1 Å². The predicted octanol–water partition coefficient (Wildman–Crippen LogP) is 3.86.